The van der Waals surface area contributed by atoms with Gasteiger partial charge in [0.05, 0.1) is 0 Å². The second-order valence-electron chi connectivity index (χ2n) is 7.26. The highest BCUT2D eigenvalue weighted by Gasteiger charge is 2.52. The number of piperidine rings is 1. The molecule has 116 valence electrons. The average molecular weight is 292 g/mol. The summed E-state index contributed by atoms with van der Waals surface area (Å²) in [5.41, 5.74) is -0.715. The minimum Gasteiger partial charge on any atom is -0.449 e. The monoisotopic (exact) mass is 292 g/mol. The molecule has 0 bridgehead atoms. The quantitative estimate of drug-likeness (QED) is 0.683. The number of carbonyl (C=O) groups is 1. The van der Waals surface area contributed by atoms with Crippen LogP contribution in [-0.2, 0) is 4.74 Å². The van der Waals surface area contributed by atoms with Gasteiger partial charge < -0.3 is 22.6 Å². The molecular formula is C13H22BF3NO2-. The Morgan fingerprint density at radius 3 is 2.10 bits per heavy atom. The zero-order valence-corrected chi connectivity index (χ0v) is 12.3. The van der Waals surface area contributed by atoms with Crippen LogP contribution < -0.4 is 0 Å². The molecule has 0 radical (unpaired) electrons. The first-order valence-corrected chi connectivity index (χ1v) is 7.19. The van der Waals surface area contributed by atoms with E-state index in [9.17, 15) is 17.7 Å². The van der Waals surface area contributed by atoms with Crippen molar-refractivity contribution in [3.8, 4) is 0 Å². The molecule has 1 saturated heterocycles. The number of rotatable bonds is 1. The van der Waals surface area contributed by atoms with E-state index in [1.807, 2.05) is 0 Å². The number of amides is 1. The van der Waals surface area contributed by atoms with Gasteiger partial charge in [-0.2, -0.15) is 0 Å². The summed E-state index contributed by atoms with van der Waals surface area (Å²) in [4.78, 5) is 13.5. The van der Waals surface area contributed by atoms with Gasteiger partial charge in [0.25, 0.3) is 0 Å². The highest BCUT2D eigenvalue weighted by molar-refractivity contribution is 6.60. The van der Waals surface area contributed by atoms with Gasteiger partial charge in [-0.25, -0.2) is 4.79 Å². The molecule has 3 nitrogen and oxygen atoms in total. The molecule has 1 amide bonds. The van der Waals surface area contributed by atoms with E-state index < -0.39 is 18.4 Å². The highest BCUT2D eigenvalue weighted by atomic mass is 19.4. The molecule has 1 spiro atoms. The van der Waals surface area contributed by atoms with Crippen LogP contribution in [0.3, 0.4) is 0 Å². The Bertz CT molecular complexity index is 376. The molecule has 1 aliphatic carbocycles. The molecule has 1 saturated carbocycles. The van der Waals surface area contributed by atoms with E-state index >= 15 is 0 Å². The minimum absolute atomic E-state index is 0.180. The summed E-state index contributed by atoms with van der Waals surface area (Å²) in [7, 11) is 0. The molecule has 2 aliphatic rings. The molecule has 2 rings (SSSR count). The first-order valence-electron chi connectivity index (χ1n) is 7.19. The van der Waals surface area contributed by atoms with Crippen molar-refractivity contribution in [1.82, 2.24) is 4.90 Å². The van der Waals surface area contributed by atoms with Gasteiger partial charge in [0.15, 0.2) is 0 Å². The van der Waals surface area contributed by atoms with Crippen molar-refractivity contribution >= 4 is 13.1 Å². The topological polar surface area (TPSA) is 29.5 Å². The van der Waals surface area contributed by atoms with Gasteiger partial charge in [-0.05, 0) is 39.0 Å². The van der Waals surface area contributed by atoms with E-state index in [1.54, 1.807) is 25.7 Å². The smallest absolute Gasteiger partial charge is 0.449 e. The van der Waals surface area contributed by atoms with Crippen molar-refractivity contribution in [2.45, 2.75) is 57.9 Å². The van der Waals surface area contributed by atoms with Crippen LogP contribution in [0.4, 0.5) is 17.7 Å². The molecule has 1 aliphatic heterocycles. The molecule has 0 N–H and O–H groups in total. The summed E-state index contributed by atoms with van der Waals surface area (Å²) in [6, 6.07) is 0. The SMILES string of the molecule is CC(C)(C)OC(=O)N1CCC2(CC1)CC([B-](F)(F)F)C2. The molecule has 0 atom stereocenters. The fourth-order valence-corrected chi connectivity index (χ4v) is 3.22. The van der Waals surface area contributed by atoms with Crippen LogP contribution >= 0.6 is 0 Å². The second-order valence-corrected chi connectivity index (χ2v) is 7.26. The third-order valence-corrected chi connectivity index (χ3v) is 4.40. The largest absolute Gasteiger partial charge is 0.481 e. The standard InChI is InChI=1S/C13H22BF3NO2/c1-12(2,3)20-11(19)18-6-4-13(5-7-18)8-10(9-13)14(15,16)17/h10H,4-9H2,1-3H3/q-1. The fourth-order valence-electron chi connectivity index (χ4n) is 3.22. The van der Waals surface area contributed by atoms with Crippen molar-refractivity contribution in [3.63, 3.8) is 0 Å². The van der Waals surface area contributed by atoms with Crippen LogP contribution in [-0.4, -0.2) is 36.7 Å². The molecular weight excluding hydrogens is 270 g/mol. The molecule has 7 heteroatoms. The lowest BCUT2D eigenvalue weighted by Gasteiger charge is -2.55. The fraction of sp³-hybridized carbons (Fsp3) is 0.923. The molecule has 2 fully saturated rings. The lowest BCUT2D eigenvalue weighted by molar-refractivity contribution is -0.00877. The van der Waals surface area contributed by atoms with Crippen molar-refractivity contribution < 1.29 is 22.5 Å². The molecule has 0 unspecified atom stereocenters. The van der Waals surface area contributed by atoms with E-state index in [0.717, 1.165) is 0 Å². The predicted molar refractivity (Wildman–Crippen MR) is 71.5 cm³/mol. The Labute approximate surface area is 117 Å². The van der Waals surface area contributed by atoms with Crippen molar-refractivity contribution in [2.24, 2.45) is 5.41 Å². The predicted octanol–water partition coefficient (Wildman–Crippen LogP) is 4.02. The van der Waals surface area contributed by atoms with Crippen LogP contribution in [0.1, 0.15) is 46.5 Å². The van der Waals surface area contributed by atoms with Crippen LogP contribution in [0.15, 0.2) is 0 Å². The van der Waals surface area contributed by atoms with Gasteiger partial charge in [0.2, 0.25) is 0 Å². The molecule has 0 aromatic carbocycles. The first kappa shape index (κ1) is 15.5. The van der Waals surface area contributed by atoms with E-state index in [1.165, 1.54) is 0 Å². The Morgan fingerprint density at radius 2 is 1.70 bits per heavy atom. The molecule has 0 aromatic heterocycles. The molecule has 1 heterocycles. The summed E-state index contributed by atoms with van der Waals surface area (Å²) in [6.07, 6.45) is 1.46. The van der Waals surface area contributed by atoms with Gasteiger partial charge in [-0.1, -0.05) is 18.7 Å². The number of hydrogen-bond donors (Lipinski definition) is 0. The number of halogens is 3. The summed E-state index contributed by atoms with van der Waals surface area (Å²) < 4.78 is 43.1. The summed E-state index contributed by atoms with van der Waals surface area (Å²) in [6.45, 7) is 1.73. The number of ether oxygens (including phenoxy) is 1. The number of hydrogen-bond acceptors (Lipinski definition) is 2. The van der Waals surface area contributed by atoms with E-state index in [0.29, 0.717) is 25.9 Å². The van der Waals surface area contributed by atoms with E-state index in [-0.39, 0.29) is 24.3 Å². The first-order chi connectivity index (χ1) is 9.01. The van der Waals surface area contributed by atoms with Crippen LogP contribution in [0.2, 0.25) is 5.82 Å². The van der Waals surface area contributed by atoms with Gasteiger partial charge in [0.1, 0.15) is 5.60 Å². The zero-order valence-electron chi connectivity index (χ0n) is 12.3. The maximum absolute atomic E-state index is 12.6. The van der Waals surface area contributed by atoms with Crippen LogP contribution in [0.5, 0.6) is 0 Å². The Hall–Kier alpha value is -0.875. The summed E-state index contributed by atoms with van der Waals surface area (Å²) in [5.74, 6) is -1.08. The zero-order chi connectivity index (χ0) is 15.2. The summed E-state index contributed by atoms with van der Waals surface area (Å²) in [5, 5.41) is 0. The molecule has 20 heavy (non-hydrogen) atoms. The maximum atomic E-state index is 12.6. The Kier molecular flexibility index (Phi) is 3.76. The van der Waals surface area contributed by atoms with Crippen molar-refractivity contribution in [1.29, 1.82) is 0 Å². The second kappa shape index (κ2) is 4.84. The van der Waals surface area contributed by atoms with Crippen LogP contribution in [0.25, 0.3) is 0 Å². The third kappa shape index (κ3) is 3.41. The Morgan fingerprint density at radius 1 is 1.20 bits per heavy atom. The number of likely N-dealkylation sites (tertiary alicyclic amines) is 1. The number of nitrogens with zero attached hydrogens (tertiary/aromatic N) is 1. The highest BCUT2D eigenvalue weighted by Crippen LogP contribution is 2.59. The minimum atomic E-state index is -4.69. The average Bonchev–Trinajstić information content (AvgIpc) is 2.22. The number of carbonyl (C=O) groups excluding carboxylic acids is 1. The van der Waals surface area contributed by atoms with Crippen molar-refractivity contribution in [3.05, 3.63) is 0 Å². The van der Waals surface area contributed by atoms with E-state index in [2.05, 4.69) is 0 Å². The van der Waals surface area contributed by atoms with Gasteiger partial charge in [-0.15, -0.1) is 0 Å². The normalized spacial score (nSPS) is 23.6. The third-order valence-electron chi connectivity index (χ3n) is 4.40. The van der Waals surface area contributed by atoms with Crippen LogP contribution in [0, 0.1) is 5.41 Å². The molecule has 0 aromatic rings. The Balaban J connectivity index is 1.81. The van der Waals surface area contributed by atoms with E-state index in [4.69, 9.17) is 4.74 Å². The van der Waals surface area contributed by atoms with Gasteiger partial charge >= 0.3 is 13.1 Å². The maximum Gasteiger partial charge on any atom is 0.481 e. The van der Waals surface area contributed by atoms with Gasteiger partial charge in [-0.3, -0.25) is 0 Å². The van der Waals surface area contributed by atoms with Gasteiger partial charge in [0, 0.05) is 13.1 Å². The van der Waals surface area contributed by atoms with Crippen molar-refractivity contribution in [2.75, 3.05) is 13.1 Å². The lowest BCUT2D eigenvalue weighted by atomic mass is 9.47. The summed E-state index contributed by atoms with van der Waals surface area (Å²) >= 11 is 0. The lowest BCUT2D eigenvalue weighted by Crippen LogP contribution is -2.51.